The van der Waals surface area contributed by atoms with Crippen molar-refractivity contribution >= 4 is 40.5 Å². The van der Waals surface area contributed by atoms with E-state index in [-0.39, 0.29) is 18.0 Å². The van der Waals surface area contributed by atoms with Crippen molar-refractivity contribution in [1.82, 2.24) is 0 Å². The molecule has 0 saturated carbocycles. The van der Waals surface area contributed by atoms with Crippen LogP contribution in [0.25, 0.3) is 0 Å². The zero-order valence-corrected chi connectivity index (χ0v) is 13.5. The van der Waals surface area contributed by atoms with Crippen molar-refractivity contribution in [2.75, 3.05) is 11.9 Å². The number of non-ortho nitro benzene ring substituents is 1. The third-order valence-electron chi connectivity index (χ3n) is 2.96. The van der Waals surface area contributed by atoms with Crippen molar-refractivity contribution in [2.45, 2.75) is 6.92 Å². The molecule has 0 aliphatic rings. The number of hydrogen-bond donors (Lipinski definition) is 1. The summed E-state index contributed by atoms with van der Waals surface area (Å²) in [4.78, 5) is 22.1. The topological polar surface area (TPSA) is 81.5 Å². The average Bonchev–Trinajstić information content (AvgIpc) is 2.48. The summed E-state index contributed by atoms with van der Waals surface area (Å²) in [5, 5.41) is 13.9. The molecule has 2 aromatic rings. The second-order valence-electron chi connectivity index (χ2n) is 4.64. The lowest BCUT2D eigenvalue weighted by Gasteiger charge is -2.11. The number of rotatable bonds is 5. The Morgan fingerprint density at radius 3 is 2.48 bits per heavy atom. The molecule has 2 aromatic carbocycles. The zero-order valence-electron chi connectivity index (χ0n) is 12.0. The molecule has 23 heavy (non-hydrogen) atoms. The molecule has 0 radical (unpaired) electrons. The second kappa shape index (κ2) is 7.30. The van der Waals surface area contributed by atoms with E-state index in [1.807, 2.05) is 0 Å². The van der Waals surface area contributed by atoms with Gasteiger partial charge in [-0.1, -0.05) is 29.3 Å². The molecule has 1 amide bonds. The van der Waals surface area contributed by atoms with Crippen LogP contribution in [0.3, 0.4) is 0 Å². The van der Waals surface area contributed by atoms with E-state index in [1.165, 1.54) is 18.2 Å². The summed E-state index contributed by atoms with van der Waals surface area (Å²) >= 11 is 11.9. The van der Waals surface area contributed by atoms with E-state index in [9.17, 15) is 14.9 Å². The summed E-state index contributed by atoms with van der Waals surface area (Å²) in [7, 11) is 0. The molecular formula is C15H12Cl2N2O4. The highest BCUT2D eigenvalue weighted by Crippen LogP contribution is 2.32. The van der Waals surface area contributed by atoms with E-state index in [2.05, 4.69) is 5.32 Å². The van der Waals surface area contributed by atoms with Gasteiger partial charge in [0, 0.05) is 17.8 Å². The van der Waals surface area contributed by atoms with Gasteiger partial charge in [0.05, 0.1) is 15.0 Å². The van der Waals surface area contributed by atoms with Gasteiger partial charge in [-0.15, -0.1) is 0 Å². The molecule has 1 N–H and O–H groups in total. The standard InChI is InChI=1S/C15H12Cl2N2O4/c1-9-7-10(19(21)22)5-6-13(9)18-14(20)8-23-15-11(16)3-2-4-12(15)17/h2-7H,8H2,1H3,(H,18,20). The lowest BCUT2D eigenvalue weighted by atomic mass is 10.2. The number of nitro benzene ring substituents is 1. The van der Waals surface area contributed by atoms with Gasteiger partial charge in [0.25, 0.3) is 11.6 Å². The van der Waals surface area contributed by atoms with Gasteiger partial charge in [0.1, 0.15) is 0 Å². The molecule has 8 heteroatoms. The van der Waals surface area contributed by atoms with Crippen LogP contribution >= 0.6 is 23.2 Å². The maximum absolute atomic E-state index is 11.9. The Morgan fingerprint density at radius 1 is 1.26 bits per heavy atom. The summed E-state index contributed by atoms with van der Waals surface area (Å²) in [6.45, 7) is 1.37. The predicted octanol–water partition coefficient (Wildman–Crippen LogP) is 4.23. The van der Waals surface area contributed by atoms with Crippen LogP contribution in [-0.2, 0) is 4.79 Å². The number of nitro groups is 1. The molecule has 6 nitrogen and oxygen atoms in total. The Labute approximate surface area is 142 Å². The van der Waals surface area contributed by atoms with E-state index >= 15 is 0 Å². The highest BCUT2D eigenvalue weighted by molar-refractivity contribution is 6.37. The van der Waals surface area contributed by atoms with Crippen LogP contribution in [0.15, 0.2) is 36.4 Å². The Hall–Kier alpha value is -2.31. The van der Waals surface area contributed by atoms with E-state index < -0.39 is 10.8 Å². The zero-order chi connectivity index (χ0) is 17.0. The molecule has 2 rings (SSSR count). The van der Waals surface area contributed by atoms with Crippen LogP contribution in [0, 0.1) is 17.0 Å². The number of ether oxygens (including phenoxy) is 1. The van der Waals surface area contributed by atoms with Crippen LogP contribution in [0.5, 0.6) is 5.75 Å². The number of nitrogens with one attached hydrogen (secondary N) is 1. The van der Waals surface area contributed by atoms with Gasteiger partial charge in [-0.2, -0.15) is 0 Å². The molecule has 0 spiro atoms. The van der Waals surface area contributed by atoms with E-state index in [1.54, 1.807) is 25.1 Å². The van der Waals surface area contributed by atoms with Gasteiger partial charge < -0.3 is 10.1 Å². The molecule has 0 heterocycles. The van der Waals surface area contributed by atoms with Crippen LogP contribution in [-0.4, -0.2) is 17.4 Å². The quantitative estimate of drug-likeness (QED) is 0.643. The lowest BCUT2D eigenvalue weighted by Crippen LogP contribution is -2.20. The third kappa shape index (κ3) is 4.34. The first-order valence-electron chi connectivity index (χ1n) is 6.50. The summed E-state index contributed by atoms with van der Waals surface area (Å²) in [5.74, 6) is -0.204. The van der Waals surface area contributed by atoms with E-state index in [0.717, 1.165) is 0 Å². The maximum Gasteiger partial charge on any atom is 0.269 e. The molecule has 0 atom stereocenters. The highest BCUT2D eigenvalue weighted by atomic mass is 35.5. The number of aryl methyl sites for hydroxylation is 1. The number of benzene rings is 2. The monoisotopic (exact) mass is 354 g/mol. The first-order chi connectivity index (χ1) is 10.9. The first-order valence-corrected chi connectivity index (χ1v) is 7.26. The van der Waals surface area contributed by atoms with Crippen LogP contribution in [0.2, 0.25) is 10.0 Å². The predicted molar refractivity (Wildman–Crippen MR) is 88.4 cm³/mol. The van der Waals surface area contributed by atoms with Crippen LogP contribution in [0.1, 0.15) is 5.56 Å². The molecule has 0 bridgehead atoms. The number of halogens is 2. The normalized spacial score (nSPS) is 10.2. The largest absolute Gasteiger partial charge is 0.481 e. The van der Waals surface area contributed by atoms with Crippen molar-refractivity contribution in [2.24, 2.45) is 0 Å². The van der Waals surface area contributed by atoms with Gasteiger partial charge in [-0.3, -0.25) is 14.9 Å². The van der Waals surface area contributed by atoms with Crippen LogP contribution < -0.4 is 10.1 Å². The number of carbonyl (C=O) groups excluding carboxylic acids is 1. The number of para-hydroxylation sites is 1. The molecule has 0 aromatic heterocycles. The van der Waals surface area contributed by atoms with Crippen LogP contribution in [0.4, 0.5) is 11.4 Å². The number of amides is 1. The fourth-order valence-corrected chi connectivity index (χ4v) is 2.35. The Bertz CT molecular complexity index is 745. The minimum absolute atomic E-state index is 0.0420. The summed E-state index contributed by atoms with van der Waals surface area (Å²) in [6.07, 6.45) is 0. The van der Waals surface area contributed by atoms with Crippen molar-refractivity contribution in [1.29, 1.82) is 0 Å². The SMILES string of the molecule is Cc1cc([N+](=O)[O-])ccc1NC(=O)COc1c(Cl)cccc1Cl. The van der Waals surface area contributed by atoms with Gasteiger partial charge in [0.15, 0.2) is 12.4 Å². The Kier molecular flexibility index (Phi) is 5.41. The molecule has 0 unspecified atom stereocenters. The molecule has 0 aliphatic heterocycles. The number of carbonyl (C=O) groups is 1. The fourth-order valence-electron chi connectivity index (χ4n) is 1.85. The summed E-state index contributed by atoms with van der Waals surface area (Å²) < 4.78 is 5.32. The molecule has 0 fully saturated rings. The smallest absolute Gasteiger partial charge is 0.269 e. The second-order valence-corrected chi connectivity index (χ2v) is 5.46. The minimum Gasteiger partial charge on any atom is -0.481 e. The maximum atomic E-state index is 11.9. The Balaban J connectivity index is 2.01. The molecule has 0 saturated heterocycles. The van der Waals surface area contributed by atoms with Gasteiger partial charge >= 0.3 is 0 Å². The summed E-state index contributed by atoms with van der Waals surface area (Å²) in [6, 6.07) is 9.02. The van der Waals surface area contributed by atoms with E-state index in [0.29, 0.717) is 21.3 Å². The minimum atomic E-state index is -0.499. The van der Waals surface area contributed by atoms with Crippen molar-refractivity contribution in [3.05, 3.63) is 62.1 Å². The van der Waals surface area contributed by atoms with Gasteiger partial charge in [0.2, 0.25) is 0 Å². The molecular weight excluding hydrogens is 343 g/mol. The molecule has 0 aliphatic carbocycles. The average molecular weight is 355 g/mol. The molecule has 120 valence electrons. The lowest BCUT2D eigenvalue weighted by molar-refractivity contribution is -0.384. The summed E-state index contributed by atoms with van der Waals surface area (Å²) in [5.41, 5.74) is 0.998. The first kappa shape index (κ1) is 17.1. The third-order valence-corrected chi connectivity index (χ3v) is 3.56. The number of nitrogens with zero attached hydrogens (tertiary/aromatic N) is 1. The van der Waals surface area contributed by atoms with Crippen molar-refractivity contribution in [3.63, 3.8) is 0 Å². The fraction of sp³-hybridized carbons (Fsp3) is 0.133. The van der Waals surface area contributed by atoms with Gasteiger partial charge in [-0.05, 0) is 30.7 Å². The van der Waals surface area contributed by atoms with Gasteiger partial charge in [-0.25, -0.2) is 0 Å². The van der Waals surface area contributed by atoms with Crippen molar-refractivity contribution in [3.8, 4) is 5.75 Å². The highest BCUT2D eigenvalue weighted by Gasteiger charge is 2.12. The number of anilines is 1. The van der Waals surface area contributed by atoms with E-state index in [4.69, 9.17) is 27.9 Å². The Morgan fingerprint density at radius 2 is 1.91 bits per heavy atom. The van der Waals surface area contributed by atoms with Crippen molar-refractivity contribution < 1.29 is 14.5 Å². The number of hydrogen-bond acceptors (Lipinski definition) is 4.